The Balaban J connectivity index is 1.62. The van der Waals surface area contributed by atoms with Crippen LogP contribution >= 0.6 is 11.8 Å². The fourth-order valence-electron chi connectivity index (χ4n) is 2.16. The standard InChI is InChI=1S/C14H17NOS/c1-9-2-5-11-7-13(17-12(11)6-9)14(16)15-8-10-3-4-10/h2,5-6,10,13H,3-4,7-8H2,1H3,(H,15,16). The molecule has 2 nitrogen and oxygen atoms in total. The average Bonchev–Trinajstić information content (AvgIpc) is 3.04. The molecule has 17 heavy (non-hydrogen) atoms. The zero-order chi connectivity index (χ0) is 11.8. The maximum Gasteiger partial charge on any atom is 0.233 e. The molecule has 0 saturated heterocycles. The second-order valence-corrected chi connectivity index (χ2v) is 6.35. The Morgan fingerprint density at radius 3 is 3.06 bits per heavy atom. The van der Waals surface area contributed by atoms with Gasteiger partial charge in [-0.05, 0) is 43.7 Å². The van der Waals surface area contributed by atoms with Crippen LogP contribution in [0.5, 0.6) is 0 Å². The van der Waals surface area contributed by atoms with Gasteiger partial charge in [0.1, 0.15) is 0 Å². The fourth-order valence-corrected chi connectivity index (χ4v) is 3.48. The molecule has 0 bridgehead atoms. The van der Waals surface area contributed by atoms with Crippen LogP contribution in [0, 0.1) is 12.8 Å². The summed E-state index contributed by atoms with van der Waals surface area (Å²) in [6, 6.07) is 6.48. The predicted molar refractivity (Wildman–Crippen MR) is 70.3 cm³/mol. The first-order valence-electron chi connectivity index (χ1n) is 6.26. The fraction of sp³-hybridized carbons (Fsp3) is 0.500. The van der Waals surface area contributed by atoms with Crippen molar-refractivity contribution in [2.75, 3.05) is 6.54 Å². The summed E-state index contributed by atoms with van der Waals surface area (Å²) in [5, 5.41) is 3.16. The molecule has 1 aliphatic heterocycles. The van der Waals surface area contributed by atoms with Gasteiger partial charge in [0.25, 0.3) is 0 Å². The van der Waals surface area contributed by atoms with Gasteiger partial charge in [-0.25, -0.2) is 0 Å². The summed E-state index contributed by atoms with van der Waals surface area (Å²) >= 11 is 1.72. The van der Waals surface area contributed by atoms with Gasteiger partial charge in [0.15, 0.2) is 0 Å². The van der Waals surface area contributed by atoms with Crippen LogP contribution in [-0.2, 0) is 11.2 Å². The molecule has 1 fully saturated rings. The first kappa shape index (κ1) is 11.1. The zero-order valence-corrected chi connectivity index (χ0v) is 10.8. The van der Waals surface area contributed by atoms with E-state index in [0.717, 1.165) is 18.9 Å². The monoisotopic (exact) mass is 247 g/mol. The number of thioether (sulfide) groups is 1. The van der Waals surface area contributed by atoms with Crippen molar-refractivity contribution >= 4 is 17.7 Å². The van der Waals surface area contributed by atoms with E-state index in [1.807, 2.05) is 0 Å². The Kier molecular flexibility index (Phi) is 2.87. The van der Waals surface area contributed by atoms with E-state index in [1.165, 1.54) is 28.9 Å². The van der Waals surface area contributed by atoms with Crippen LogP contribution < -0.4 is 5.32 Å². The van der Waals surface area contributed by atoms with Gasteiger partial charge in [-0.2, -0.15) is 0 Å². The van der Waals surface area contributed by atoms with E-state index in [-0.39, 0.29) is 11.2 Å². The van der Waals surface area contributed by atoms with Crippen molar-refractivity contribution < 1.29 is 4.79 Å². The molecule has 1 aromatic carbocycles. The highest BCUT2D eigenvalue weighted by atomic mass is 32.2. The summed E-state index contributed by atoms with van der Waals surface area (Å²) in [5.74, 6) is 0.978. The highest BCUT2D eigenvalue weighted by Crippen LogP contribution is 2.37. The van der Waals surface area contributed by atoms with Crippen LogP contribution in [0.3, 0.4) is 0 Å². The van der Waals surface area contributed by atoms with Gasteiger partial charge in [-0.15, -0.1) is 11.8 Å². The van der Waals surface area contributed by atoms with Gasteiger partial charge in [0, 0.05) is 11.4 Å². The molecule has 1 aliphatic carbocycles. The lowest BCUT2D eigenvalue weighted by Gasteiger charge is -2.08. The van der Waals surface area contributed by atoms with Gasteiger partial charge in [-0.1, -0.05) is 17.7 Å². The van der Waals surface area contributed by atoms with Crippen LogP contribution in [0.4, 0.5) is 0 Å². The highest BCUT2D eigenvalue weighted by molar-refractivity contribution is 8.01. The molecule has 1 unspecified atom stereocenters. The summed E-state index contributed by atoms with van der Waals surface area (Å²) in [5.41, 5.74) is 2.60. The largest absolute Gasteiger partial charge is 0.355 e. The SMILES string of the molecule is Cc1ccc2c(c1)SC(C(=O)NCC1CC1)C2. The van der Waals surface area contributed by atoms with Crippen molar-refractivity contribution in [1.82, 2.24) is 5.32 Å². The molecule has 0 spiro atoms. The number of aryl methyl sites for hydroxylation is 1. The van der Waals surface area contributed by atoms with E-state index in [1.54, 1.807) is 11.8 Å². The molecule has 90 valence electrons. The smallest absolute Gasteiger partial charge is 0.233 e. The van der Waals surface area contributed by atoms with Crippen LogP contribution in [0.15, 0.2) is 23.1 Å². The molecule has 1 N–H and O–H groups in total. The van der Waals surface area contributed by atoms with Crippen molar-refractivity contribution in [2.24, 2.45) is 5.92 Å². The maximum atomic E-state index is 12.0. The van der Waals surface area contributed by atoms with E-state index in [2.05, 4.69) is 30.4 Å². The Morgan fingerprint density at radius 1 is 1.47 bits per heavy atom. The van der Waals surface area contributed by atoms with E-state index >= 15 is 0 Å². The molecule has 1 atom stereocenters. The Bertz CT molecular complexity index is 454. The Hall–Kier alpha value is -0.960. The second kappa shape index (κ2) is 4.37. The third kappa shape index (κ3) is 2.49. The molecule has 3 rings (SSSR count). The van der Waals surface area contributed by atoms with E-state index < -0.39 is 0 Å². The average molecular weight is 247 g/mol. The number of amides is 1. The van der Waals surface area contributed by atoms with Crippen LogP contribution in [0.1, 0.15) is 24.0 Å². The molecular weight excluding hydrogens is 230 g/mol. The molecule has 0 radical (unpaired) electrons. The molecule has 3 heteroatoms. The Labute approximate surface area is 106 Å². The minimum Gasteiger partial charge on any atom is -0.355 e. The second-order valence-electron chi connectivity index (χ2n) is 5.11. The van der Waals surface area contributed by atoms with E-state index in [4.69, 9.17) is 0 Å². The van der Waals surface area contributed by atoms with E-state index in [0.29, 0.717) is 0 Å². The number of carbonyl (C=O) groups is 1. The predicted octanol–water partition coefficient (Wildman–Crippen LogP) is 2.54. The molecule has 2 aliphatic rings. The number of nitrogens with one attached hydrogen (secondary N) is 1. The molecule has 1 heterocycles. The molecular formula is C14H17NOS. The topological polar surface area (TPSA) is 29.1 Å². The lowest BCUT2D eigenvalue weighted by Crippen LogP contribution is -2.33. The van der Waals surface area contributed by atoms with Crippen molar-refractivity contribution in [2.45, 2.75) is 36.3 Å². The van der Waals surface area contributed by atoms with Crippen LogP contribution in [-0.4, -0.2) is 17.7 Å². The number of benzene rings is 1. The third-order valence-electron chi connectivity index (χ3n) is 3.45. The lowest BCUT2D eigenvalue weighted by atomic mass is 10.1. The normalized spacial score (nSPS) is 22.3. The van der Waals surface area contributed by atoms with Gasteiger partial charge < -0.3 is 5.32 Å². The minimum atomic E-state index is 0.0885. The summed E-state index contributed by atoms with van der Waals surface area (Å²) in [6.07, 6.45) is 3.46. The quantitative estimate of drug-likeness (QED) is 0.889. The van der Waals surface area contributed by atoms with Crippen LogP contribution in [0.2, 0.25) is 0 Å². The number of carbonyl (C=O) groups excluding carboxylic acids is 1. The highest BCUT2D eigenvalue weighted by Gasteiger charge is 2.29. The minimum absolute atomic E-state index is 0.0885. The lowest BCUT2D eigenvalue weighted by molar-refractivity contribution is -0.120. The number of hydrogen-bond acceptors (Lipinski definition) is 2. The van der Waals surface area contributed by atoms with Crippen molar-refractivity contribution in [3.8, 4) is 0 Å². The third-order valence-corrected chi connectivity index (χ3v) is 4.75. The van der Waals surface area contributed by atoms with E-state index in [9.17, 15) is 4.79 Å². The van der Waals surface area contributed by atoms with Gasteiger partial charge in [-0.3, -0.25) is 4.79 Å². The number of hydrogen-bond donors (Lipinski definition) is 1. The van der Waals surface area contributed by atoms with Gasteiger partial charge in [0.2, 0.25) is 5.91 Å². The summed E-state index contributed by atoms with van der Waals surface area (Å²) in [6.45, 7) is 2.98. The summed E-state index contributed by atoms with van der Waals surface area (Å²) < 4.78 is 0. The molecule has 0 aromatic heterocycles. The first-order chi connectivity index (χ1) is 8.22. The van der Waals surface area contributed by atoms with Crippen molar-refractivity contribution in [1.29, 1.82) is 0 Å². The Morgan fingerprint density at radius 2 is 2.29 bits per heavy atom. The molecule has 1 aromatic rings. The first-order valence-corrected chi connectivity index (χ1v) is 7.14. The molecule has 1 amide bonds. The summed E-state index contributed by atoms with van der Waals surface area (Å²) in [4.78, 5) is 13.3. The van der Waals surface area contributed by atoms with Crippen LogP contribution in [0.25, 0.3) is 0 Å². The van der Waals surface area contributed by atoms with Crippen molar-refractivity contribution in [3.05, 3.63) is 29.3 Å². The van der Waals surface area contributed by atoms with Crippen molar-refractivity contribution in [3.63, 3.8) is 0 Å². The number of fused-ring (bicyclic) bond motifs is 1. The van der Waals surface area contributed by atoms with Gasteiger partial charge >= 0.3 is 0 Å². The zero-order valence-electron chi connectivity index (χ0n) is 10.0. The summed E-state index contributed by atoms with van der Waals surface area (Å²) in [7, 11) is 0. The molecule has 1 saturated carbocycles. The van der Waals surface area contributed by atoms with Gasteiger partial charge in [0.05, 0.1) is 5.25 Å². The number of rotatable bonds is 3. The maximum absolute atomic E-state index is 12.0.